The zero-order chi connectivity index (χ0) is 51.1. The summed E-state index contributed by atoms with van der Waals surface area (Å²) in [5.41, 5.74) is 18.8. The van der Waals surface area contributed by atoms with Gasteiger partial charge >= 0.3 is 462 Å². The summed E-state index contributed by atoms with van der Waals surface area (Å²) in [5, 5.41) is 10.2. The molecule has 2 unspecified atom stereocenters. The fraction of sp³-hybridized carbons (Fsp3) is 0.222. The van der Waals surface area contributed by atoms with Crippen LogP contribution < -0.4 is 0 Å². The first kappa shape index (κ1) is 48.7. The Morgan fingerprint density at radius 3 is 0.974 bits per heavy atom. The summed E-state index contributed by atoms with van der Waals surface area (Å²) in [6.07, 6.45) is 17.7. The van der Waals surface area contributed by atoms with Gasteiger partial charge in [0.1, 0.15) is 0 Å². The van der Waals surface area contributed by atoms with Gasteiger partial charge in [-0.3, -0.25) is 0 Å². The van der Waals surface area contributed by atoms with Crippen molar-refractivity contribution in [1.82, 2.24) is 0 Å². The number of hydrogen-bond acceptors (Lipinski definition) is 0. The fourth-order valence-corrected chi connectivity index (χ4v) is 46.5. The Bertz CT molecular complexity index is 3740. The maximum absolute atomic E-state index is 9.86. The zero-order valence-electron chi connectivity index (χ0n) is 43.8. The average Bonchev–Trinajstić information content (AvgIpc) is 4.46. The molecule has 375 valence electrons. The Morgan fingerprint density at radius 1 is 0.355 bits per heavy atom. The van der Waals surface area contributed by atoms with Gasteiger partial charge in [0, 0.05) is 0 Å². The fourth-order valence-electron chi connectivity index (χ4n) is 15.4. The second-order valence-corrected chi connectivity index (χ2v) is 66.0. The number of rotatable bonds is 11. The normalized spacial score (nSPS) is 18.4. The summed E-state index contributed by atoms with van der Waals surface area (Å²) in [4.78, 5) is 0. The SMILES string of the molecule is C[SiH](C)[Zr]([Cl])([Cl])([CH]1C(CC2CCCC2)=Cc2c(-c3cccc4ccccc34)ccc(-c3cccc4ccccc34)c21)[CH]1C(CC2CCCC2)=Cc2c(-c3cccc4ccccc34)ccc(-c3cccc4ccccc34)c21. The summed E-state index contributed by atoms with van der Waals surface area (Å²) in [6, 6.07) is 73.4. The molecule has 76 heavy (non-hydrogen) atoms. The minimum atomic E-state index is -5.64. The van der Waals surface area contributed by atoms with Crippen LogP contribution in [0.25, 0.3) is 99.7 Å². The molecule has 0 heterocycles. The number of benzene rings is 10. The van der Waals surface area contributed by atoms with Gasteiger partial charge in [-0.2, -0.15) is 0 Å². The molecule has 2 fully saturated rings. The predicted octanol–water partition coefficient (Wildman–Crippen LogP) is 21.7. The number of hydrogen-bond donors (Lipinski definition) is 0. The van der Waals surface area contributed by atoms with E-state index in [9.17, 15) is 17.0 Å². The van der Waals surface area contributed by atoms with Crippen LogP contribution in [0.3, 0.4) is 0 Å². The van der Waals surface area contributed by atoms with E-state index in [1.165, 1.54) is 172 Å². The van der Waals surface area contributed by atoms with Gasteiger partial charge in [-0.15, -0.1) is 0 Å². The zero-order valence-corrected chi connectivity index (χ0v) is 49.0. The molecule has 4 aliphatic rings. The van der Waals surface area contributed by atoms with Crippen LogP contribution in [0.1, 0.15) is 93.7 Å². The number of allylic oxidation sites excluding steroid dienone is 2. The molecular formula is C72H65Cl2SiZr. The summed E-state index contributed by atoms with van der Waals surface area (Å²) in [7, 11) is 19.7. The first-order valence-corrected chi connectivity index (χ1v) is 44.8. The molecule has 0 bridgehead atoms. The van der Waals surface area contributed by atoms with Gasteiger partial charge in [-0.05, 0) is 0 Å². The van der Waals surface area contributed by atoms with Crippen molar-refractivity contribution in [3.8, 4) is 44.5 Å². The Kier molecular flexibility index (Phi) is 12.4. The van der Waals surface area contributed by atoms with E-state index in [-0.39, 0.29) is 7.25 Å². The van der Waals surface area contributed by atoms with Crippen molar-refractivity contribution in [2.45, 2.75) is 84.6 Å². The van der Waals surface area contributed by atoms with Crippen molar-refractivity contribution >= 4 is 78.2 Å². The van der Waals surface area contributed by atoms with Crippen LogP contribution in [0, 0.1) is 11.8 Å². The quantitative estimate of drug-likeness (QED) is 0.113. The van der Waals surface area contributed by atoms with Crippen molar-refractivity contribution in [2.24, 2.45) is 11.8 Å². The third kappa shape index (κ3) is 7.89. The van der Waals surface area contributed by atoms with Crippen LogP contribution >= 0.6 is 17.0 Å². The molecule has 0 aliphatic heterocycles. The summed E-state index contributed by atoms with van der Waals surface area (Å²) in [6.45, 7) is 5.17. The third-order valence-corrected chi connectivity index (χ3v) is 70.8. The summed E-state index contributed by atoms with van der Waals surface area (Å²) < 4.78 is -0.166. The standard InChI is InChI=1S/2C35H29.C2H7Si.2ClH.Zr/c2*1-2-10-24(9-1)21-25-22-34-32(30-17-7-13-26-11-3-5-15-28(26)30)19-20-33(35(34)23-25)31-18-8-14-27-12-4-6-16-29(27)31;1-3-2;;;/h2*3-8,11-20,22-24H,1-2,9-10,21H2;3H,1-2H3;2*1H;/q;;;;;+2/p-2. The van der Waals surface area contributed by atoms with Crippen molar-refractivity contribution in [2.75, 3.05) is 0 Å². The molecule has 0 radical (unpaired) electrons. The molecule has 0 saturated heterocycles. The first-order valence-electron chi connectivity index (χ1n) is 28.5. The minimum absolute atomic E-state index is 0.0829. The van der Waals surface area contributed by atoms with Gasteiger partial charge < -0.3 is 0 Å². The molecule has 10 aromatic rings. The van der Waals surface area contributed by atoms with Crippen LogP contribution in [0.2, 0.25) is 13.1 Å². The molecular weight excluding hydrogens is 1060 g/mol. The van der Waals surface area contributed by atoms with Crippen molar-refractivity contribution < 1.29 is 15.6 Å². The van der Waals surface area contributed by atoms with Gasteiger partial charge in [-0.1, -0.05) is 0 Å². The topological polar surface area (TPSA) is 0 Å². The van der Waals surface area contributed by atoms with Gasteiger partial charge in [-0.25, -0.2) is 0 Å². The van der Waals surface area contributed by atoms with Gasteiger partial charge in [0.15, 0.2) is 0 Å². The summed E-state index contributed by atoms with van der Waals surface area (Å²) >= 11 is -5.64. The molecule has 0 N–H and O–H groups in total. The molecule has 2 atom stereocenters. The van der Waals surface area contributed by atoms with Gasteiger partial charge in [0.2, 0.25) is 0 Å². The first-order chi connectivity index (χ1) is 37.2. The molecule has 4 aliphatic carbocycles. The molecule has 2 saturated carbocycles. The van der Waals surface area contributed by atoms with E-state index in [2.05, 4.69) is 219 Å². The molecule has 0 amide bonds. The van der Waals surface area contributed by atoms with E-state index in [1.807, 2.05) is 0 Å². The van der Waals surface area contributed by atoms with Gasteiger partial charge in [0.25, 0.3) is 0 Å². The van der Waals surface area contributed by atoms with Crippen molar-refractivity contribution in [1.29, 1.82) is 0 Å². The number of halogens is 2. The Morgan fingerprint density at radius 2 is 0.645 bits per heavy atom. The molecule has 4 heteroatoms. The van der Waals surface area contributed by atoms with E-state index in [1.54, 1.807) is 0 Å². The molecule has 0 aromatic heterocycles. The molecule has 0 nitrogen and oxygen atoms in total. The summed E-state index contributed by atoms with van der Waals surface area (Å²) in [5.74, 6) is -0.818. The van der Waals surface area contributed by atoms with Crippen LogP contribution in [0.5, 0.6) is 0 Å². The van der Waals surface area contributed by atoms with E-state index in [0.29, 0.717) is 11.8 Å². The van der Waals surface area contributed by atoms with Crippen LogP contribution in [-0.2, 0) is 15.6 Å². The number of fused-ring (bicyclic) bond motifs is 6. The maximum atomic E-state index is 9.86. The van der Waals surface area contributed by atoms with Crippen LogP contribution in [0.15, 0.2) is 205 Å². The Hall–Kier alpha value is -5.60. The van der Waals surface area contributed by atoms with Crippen LogP contribution in [-0.4, -0.2) is 5.92 Å². The van der Waals surface area contributed by atoms with Crippen molar-refractivity contribution in [3.63, 3.8) is 0 Å². The Labute approximate surface area is 458 Å². The predicted molar refractivity (Wildman–Crippen MR) is 330 cm³/mol. The van der Waals surface area contributed by atoms with Crippen LogP contribution in [0.4, 0.5) is 0 Å². The van der Waals surface area contributed by atoms with Crippen molar-refractivity contribution in [3.05, 3.63) is 228 Å². The van der Waals surface area contributed by atoms with Gasteiger partial charge in [0.05, 0.1) is 0 Å². The third-order valence-electron chi connectivity index (χ3n) is 19.1. The molecule has 14 rings (SSSR count). The van der Waals surface area contributed by atoms with E-state index in [0.717, 1.165) is 12.8 Å². The molecule has 0 spiro atoms. The van der Waals surface area contributed by atoms with E-state index >= 15 is 0 Å². The van der Waals surface area contributed by atoms with E-state index < -0.39 is 21.5 Å². The van der Waals surface area contributed by atoms with E-state index in [4.69, 9.17) is 0 Å². The second-order valence-electron chi connectivity index (χ2n) is 23.5. The average molecular weight is 1120 g/mol. The molecule has 10 aromatic carbocycles. The Balaban J connectivity index is 1.11. The second kappa shape index (κ2) is 19.4. The monoisotopic (exact) mass is 1120 g/mol.